The number of sulfone groups is 1. The van der Waals surface area contributed by atoms with Crippen molar-refractivity contribution in [3.05, 3.63) is 29.8 Å². The second kappa shape index (κ2) is 4.91. The first kappa shape index (κ1) is 11.7. The average molecular weight is 224 g/mol. The summed E-state index contributed by atoms with van der Waals surface area (Å²) in [6.07, 6.45) is 0. The van der Waals surface area contributed by atoms with E-state index in [2.05, 4.69) is 5.32 Å². The molecule has 1 aromatic carbocycles. The van der Waals surface area contributed by atoms with Crippen molar-refractivity contribution in [3.8, 4) is 6.07 Å². The van der Waals surface area contributed by atoms with Crippen LogP contribution >= 0.6 is 0 Å². The van der Waals surface area contributed by atoms with Gasteiger partial charge in [-0.25, -0.2) is 8.42 Å². The highest BCUT2D eigenvalue weighted by Gasteiger charge is 2.13. The predicted molar refractivity (Wildman–Crippen MR) is 57.1 cm³/mol. The highest BCUT2D eigenvalue weighted by atomic mass is 32.2. The van der Waals surface area contributed by atoms with Crippen molar-refractivity contribution in [2.45, 2.75) is 4.90 Å². The van der Waals surface area contributed by atoms with E-state index in [4.69, 9.17) is 5.26 Å². The van der Waals surface area contributed by atoms with Gasteiger partial charge in [-0.05, 0) is 25.2 Å². The second-order valence-electron chi connectivity index (χ2n) is 3.06. The molecule has 4 nitrogen and oxygen atoms in total. The first-order chi connectivity index (χ1) is 7.10. The van der Waals surface area contributed by atoms with Gasteiger partial charge >= 0.3 is 0 Å². The normalized spacial score (nSPS) is 10.9. The van der Waals surface area contributed by atoms with Crippen molar-refractivity contribution in [1.82, 2.24) is 5.32 Å². The molecule has 0 atom stereocenters. The third-order valence-electron chi connectivity index (χ3n) is 1.94. The molecule has 0 aliphatic carbocycles. The third-order valence-corrected chi connectivity index (χ3v) is 3.66. The van der Waals surface area contributed by atoms with Gasteiger partial charge in [0.25, 0.3) is 0 Å². The van der Waals surface area contributed by atoms with Gasteiger partial charge in [0, 0.05) is 6.54 Å². The van der Waals surface area contributed by atoms with Gasteiger partial charge in [0.15, 0.2) is 9.84 Å². The van der Waals surface area contributed by atoms with E-state index in [1.165, 1.54) is 12.1 Å². The first-order valence-corrected chi connectivity index (χ1v) is 6.13. The molecule has 0 amide bonds. The summed E-state index contributed by atoms with van der Waals surface area (Å²) in [6, 6.07) is 7.97. The topological polar surface area (TPSA) is 70.0 Å². The van der Waals surface area contributed by atoms with Crippen LogP contribution in [0.4, 0.5) is 0 Å². The molecule has 1 rings (SSSR count). The molecule has 1 aromatic rings. The van der Waals surface area contributed by atoms with Crippen molar-refractivity contribution in [2.24, 2.45) is 0 Å². The Bertz CT molecular complexity index is 474. The number of hydrogen-bond acceptors (Lipinski definition) is 4. The van der Waals surface area contributed by atoms with Crippen LogP contribution in [0.2, 0.25) is 0 Å². The van der Waals surface area contributed by atoms with E-state index in [-0.39, 0.29) is 10.6 Å². The van der Waals surface area contributed by atoms with E-state index < -0.39 is 9.84 Å². The largest absolute Gasteiger partial charge is 0.319 e. The van der Waals surface area contributed by atoms with E-state index in [9.17, 15) is 8.42 Å². The number of benzene rings is 1. The fourth-order valence-electron chi connectivity index (χ4n) is 1.11. The Morgan fingerprint density at radius 2 is 2.20 bits per heavy atom. The van der Waals surface area contributed by atoms with E-state index >= 15 is 0 Å². The van der Waals surface area contributed by atoms with Gasteiger partial charge in [-0.15, -0.1) is 0 Å². The highest BCUT2D eigenvalue weighted by molar-refractivity contribution is 7.91. The molecule has 0 spiro atoms. The molecule has 0 unspecified atom stereocenters. The minimum atomic E-state index is -3.27. The zero-order valence-electron chi connectivity index (χ0n) is 8.40. The molecule has 0 saturated carbocycles. The average Bonchev–Trinajstić information content (AvgIpc) is 2.26. The van der Waals surface area contributed by atoms with Gasteiger partial charge in [-0.2, -0.15) is 5.26 Å². The van der Waals surface area contributed by atoms with Crippen LogP contribution < -0.4 is 5.32 Å². The minimum Gasteiger partial charge on any atom is -0.319 e. The van der Waals surface area contributed by atoms with Crippen molar-refractivity contribution < 1.29 is 8.42 Å². The summed E-state index contributed by atoms with van der Waals surface area (Å²) in [5.74, 6) is 0.0401. The summed E-state index contributed by atoms with van der Waals surface area (Å²) in [4.78, 5) is 0.205. The summed E-state index contributed by atoms with van der Waals surface area (Å²) in [5.41, 5.74) is 0.362. The van der Waals surface area contributed by atoms with Crippen LogP contribution in [-0.4, -0.2) is 27.8 Å². The van der Waals surface area contributed by atoms with Gasteiger partial charge in [0.05, 0.1) is 22.3 Å². The lowest BCUT2D eigenvalue weighted by Gasteiger charge is -2.03. The molecule has 0 aliphatic heterocycles. The number of hydrogen-bond donors (Lipinski definition) is 1. The molecule has 0 radical (unpaired) electrons. The fourth-order valence-corrected chi connectivity index (χ4v) is 2.41. The quantitative estimate of drug-likeness (QED) is 0.811. The predicted octanol–water partition coefficient (Wildman–Crippen LogP) is 0.551. The number of nitriles is 1. The lowest BCUT2D eigenvalue weighted by atomic mass is 10.2. The summed E-state index contributed by atoms with van der Waals surface area (Å²) in [7, 11) is -1.57. The maximum atomic E-state index is 11.7. The Morgan fingerprint density at radius 1 is 1.47 bits per heavy atom. The Kier molecular flexibility index (Phi) is 3.83. The molecule has 0 saturated heterocycles. The van der Waals surface area contributed by atoms with Gasteiger partial charge in [0.2, 0.25) is 0 Å². The molecule has 80 valence electrons. The van der Waals surface area contributed by atoms with E-state index in [1.54, 1.807) is 19.2 Å². The van der Waals surface area contributed by atoms with Gasteiger partial charge < -0.3 is 5.32 Å². The Hall–Kier alpha value is -1.38. The highest BCUT2D eigenvalue weighted by Crippen LogP contribution is 2.12. The van der Waals surface area contributed by atoms with E-state index in [0.717, 1.165) is 0 Å². The van der Waals surface area contributed by atoms with E-state index in [1.807, 2.05) is 6.07 Å². The molecule has 0 bridgehead atoms. The smallest absolute Gasteiger partial charge is 0.179 e. The zero-order chi connectivity index (χ0) is 11.3. The summed E-state index contributed by atoms with van der Waals surface area (Å²) >= 11 is 0. The van der Waals surface area contributed by atoms with Gasteiger partial charge in [-0.1, -0.05) is 6.07 Å². The number of nitrogens with zero attached hydrogens (tertiary/aromatic N) is 1. The molecule has 15 heavy (non-hydrogen) atoms. The van der Waals surface area contributed by atoms with E-state index in [0.29, 0.717) is 12.1 Å². The molecule has 0 aliphatic rings. The Morgan fingerprint density at radius 3 is 2.80 bits per heavy atom. The molecule has 0 heterocycles. The van der Waals surface area contributed by atoms with Crippen LogP contribution in [0, 0.1) is 11.3 Å². The summed E-state index contributed by atoms with van der Waals surface area (Å²) in [6.45, 7) is 0.402. The van der Waals surface area contributed by atoms with Crippen LogP contribution in [0.15, 0.2) is 29.2 Å². The molecule has 0 fully saturated rings. The number of rotatable bonds is 4. The SMILES string of the molecule is CNCCS(=O)(=O)c1cccc(C#N)c1. The molecule has 1 N–H and O–H groups in total. The van der Waals surface area contributed by atoms with Gasteiger partial charge in [0.1, 0.15) is 0 Å². The van der Waals surface area contributed by atoms with Crippen LogP contribution in [-0.2, 0) is 9.84 Å². The van der Waals surface area contributed by atoms with Crippen molar-refractivity contribution in [3.63, 3.8) is 0 Å². The standard InChI is InChI=1S/C10H12N2O2S/c1-12-5-6-15(13,14)10-4-2-3-9(7-10)8-11/h2-4,7,12H,5-6H2,1H3. The lowest BCUT2D eigenvalue weighted by Crippen LogP contribution is -2.19. The first-order valence-electron chi connectivity index (χ1n) is 4.47. The molecular formula is C10H12N2O2S. The third kappa shape index (κ3) is 3.05. The maximum absolute atomic E-state index is 11.7. The monoisotopic (exact) mass is 224 g/mol. The molecule has 0 aromatic heterocycles. The Labute approximate surface area is 89.5 Å². The van der Waals surface area contributed by atoms with Crippen LogP contribution in [0.1, 0.15) is 5.56 Å². The van der Waals surface area contributed by atoms with Crippen molar-refractivity contribution >= 4 is 9.84 Å². The van der Waals surface area contributed by atoms with Crippen molar-refractivity contribution in [2.75, 3.05) is 19.3 Å². The summed E-state index contributed by atoms with van der Waals surface area (Å²) in [5, 5.41) is 11.4. The van der Waals surface area contributed by atoms with Crippen molar-refractivity contribution in [1.29, 1.82) is 5.26 Å². The lowest BCUT2D eigenvalue weighted by molar-refractivity contribution is 0.593. The van der Waals surface area contributed by atoms with Crippen LogP contribution in [0.3, 0.4) is 0 Å². The maximum Gasteiger partial charge on any atom is 0.179 e. The summed E-state index contributed by atoms with van der Waals surface area (Å²) < 4.78 is 23.4. The molecule has 5 heteroatoms. The fraction of sp³-hybridized carbons (Fsp3) is 0.300. The Balaban J connectivity index is 3.01. The van der Waals surface area contributed by atoms with Crippen LogP contribution in [0.25, 0.3) is 0 Å². The van der Waals surface area contributed by atoms with Crippen LogP contribution in [0.5, 0.6) is 0 Å². The minimum absolute atomic E-state index is 0.0401. The van der Waals surface area contributed by atoms with Gasteiger partial charge in [-0.3, -0.25) is 0 Å². The molecular weight excluding hydrogens is 212 g/mol. The second-order valence-corrected chi connectivity index (χ2v) is 5.17. The number of nitrogens with one attached hydrogen (secondary N) is 1. The zero-order valence-corrected chi connectivity index (χ0v) is 9.21.